The van der Waals surface area contributed by atoms with E-state index in [1.54, 1.807) is 0 Å². The molecule has 0 spiro atoms. The second kappa shape index (κ2) is 7.94. The monoisotopic (exact) mass is 431 g/mol. The molecular formula is C18H15F6N5O. The molecule has 0 bridgehead atoms. The average molecular weight is 431 g/mol. The van der Waals surface area contributed by atoms with Gasteiger partial charge in [0.2, 0.25) is 5.95 Å². The molecule has 0 aliphatic rings. The number of halogens is 6. The summed E-state index contributed by atoms with van der Waals surface area (Å²) in [4.78, 5) is 11.7. The number of hydrogen-bond donors (Lipinski definition) is 3. The van der Waals surface area contributed by atoms with E-state index in [0.717, 1.165) is 6.07 Å². The predicted octanol–water partition coefficient (Wildman–Crippen LogP) is 4.11. The summed E-state index contributed by atoms with van der Waals surface area (Å²) in [5.74, 6) is -0.0658. The van der Waals surface area contributed by atoms with Gasteiger partial charge >= 0.3 is 12.4 Å². The number of aliphatic hydroxyl groups excluding tert-OH is 1. The number of anilines is 2. The molecule has 0 saturated heterocycles. The molecule has 2 heterocycles. The van der Waals surface area contributed by atoms with E-state index in [2.05, 4.69) is 20.3 Å². The Labute approximate surface area is 165 Å². The van der Waals surface area contributed by atoms with Crippen LogP contribution in [0.4, 0.5) is 38.1 Å². The minimum absolute atomic E-state index is 0.0949. The van der Waals surface area contributed by atoms with Crippen LogP contribution < -0.4 is 11.1 Å². The molecule has 30 heavy (non-hydrogen) atoms. The third-order valence-electron chi connectivity index (χ3n) is 4.14. The van der Waals surface area contributed by atoms with E-state index in [1.807, 2.05) is 0 Å². The average Bonchev–Trinajstić information content (AvgIpc) is 2.65. The summed E-state index contributed by atoms with van der Waals surface area (Å²) in [6, 6.07) is 4.13. The van der Waals surface area contributed by atoms with Gasteiger partial charge in [-0.2, -0.15) is 36.3 Å². The van der Waals surface area contributed by atoms with Crippen LogP contribution >= 0.6 is 0 Å². The molecule has 1 aromatic carbocycles. The Morgan fingerprint density at radius 1 is 0.900 bits per heavy atom. The topological polar surface area (TPSA) is 97.0 Å². The first-order chi connectivity index (χ1) is 14.0. The lowest BCUT2D eigenvalue weighted by Crippen LogP contribution is -2.15. The molecule has 4 N–H and O–H groups in total. The van der Waals surface area contributed by atoms with E-state index in [1.165, 1.54) is 6.07 Å². The Bertz CT molecular complexity index is 1040. The molecule has 0 fully saturated rings. The lowest BCUT2D eigenvalue weighted by atomic mass is 9.96. The van der Waals surface area contributed by atoms with E-state index in [-0.39, 0.29) is 29.4 Å². The Balaban J connectivity index is 2.23. The maximum absolute atomic E-state index is 13.4. The molecule has 0 aliphatic heterocycles. The minimum Gasteiger partial charge on any atom is -0.396 e. The van der Waals surface area contributed by atoms with Crippen LogP contribution in [-0.2, 0) is 12.4 Å². The second-order valence-electron chi connectivity index (χ2n) is 6.23. The Morgan fingerprint density at radius 3 is 2.10 bits per heavy atom. The standard InChI is InChI=1S/C18H15F6N5O/c19-17(20,21)10-3-1-4-11(18(22,23)24)13(10)12-6-5-9-14(26-7-2-8-30)28-16(25)29-15(9)27-12/h1,3-6,30H,2,7-8H2,(H3,25,26,27,28,29). The van der Waals surface area contributed by atoms with Gasteiger partial charge in [0.15, 0.2) is 5.65 Å². The molecule has 12 heteroatoms. The maximum atomic E-state index is 13.4. The van der Waals surface area contributed by atoms with Gasteiger partial charge in [-0.1, -0.05) is 6.07 Å². The van der Waals surface area contributed by atoms with Crippen molar-refractivity contribution in [1.82, 2.24) is 15.0 Å². The fraction of sp³-hybridized carbons (Fsp3) is 0.278. The molecule has 3 rings (SSSR count). The van der Waals surface area contributed by atoms with Gasteiger partial charge in [0.05, 0.1) is 22.2 Å². The quantitative estimate of drug-likeness (QED) is 0.416. The molecule has 0 unspecified atom stereocenters. The highest BCUT2D eigenvalue weighted by molar-refractivity contribution is 5.89. The highest BCUT2D eigenvalue weighted by atomic mass is 19.4. The van der Waals surface area contributed by atoms with Crippen LogP contribution in [0.5, 0.6) is 0 Å². The summed E-state index contributed by atoms with van der Waals surface area (Å²) in [5, 5.41) is 12.0. The molecular weight excluding hydrogens is 416 g/mol. The summed E-state index contributed by atoms with van der Waals surface area (Å²) in [5.41, 5.74) is 0.859. The summed E-state index contributed by atoms with van der Waals surface area (Å²) in [6.45, 7) is 0.210. The number of nitrogens with zero attached hydrogens (tertiary/aromatic N) is 3. The Morgan fingerprint density at radius 2 is 1.53 bits per heavy atom. The van der Waals surface area contributed by atoms with Crippen molar-refractivity contribution in [2.75, 3.05) is 24.2 Å². The first kappa shape index (κ1) is 21.6. The van der Waals surface area contributed by atoms with Crippen molar-refractivity contribution < 1.29 is 31.4 Å². The third kappa shape index (κ3) is 4.37. The summed E-state index contributed by atoms with van der Waals surface area (Å²) in [7, 11) is 0. The maximum Gasteiger partial charge on any atom is 0.417 e. The largest absolute Gasteiger partial charge is 0.417 e. The number of aliphatic hydroxyl groups is 1. The van der Waals surface area contributed by atoms with E-state index in [0.29, 0.717) is 31.2 Å². The number of nitrogens with two attached hydrogens (primary N) is 1. The zero-order chi connectivity index (χ0) is 22.1. The van der Waals surface area contributed by atoms with Crippen LogP contribution in [0.2, 0.25) is 0 Å². The van der Waals surface area contributed by atoms with Crippen molar-refractivity contribution in [2.45, 2.75) is 18.8 Å². The SMILES string of the molecule is Nc1nc(NCCCO)c2ccc(-c3c(C(F)(F)F)cccc3C(F)(F)F)nc2n1. The van der Waals surface area contributed by atoms with Crippen molar-refractivity contribution in [3.63, 3.8) is 0 Å². The molecule has 0 radical (unpaired) electrons. The molecule has 6 nitrogen and oxygen atoms in total. The fourth-order valence-corrected chi connectivity index (χ4v) is 2.89. The molecule has 2 aromatic heterocycles. The van der Waals surface area contributed by atoms with Gasteiger partial charge in [-0.05, 0) is 30.7 Å². The first-order valence-electron chi connectivity index (χ1n) is 8.59. The van der Waals surface area contributed by atoms with Crippen LogP contribution in [0.25, 0.3) is 22.3 Å². The van der Waals surface area contributed by atoms with Gasteiger partial charge in [0.25, 0.3) is 0 Å². The van der Waals surface area contributed by atoms with Gasteiger partial charge in [-0.25, -0.2) is 4.98 Å². The van der Waals surface area contributed by atoms with E-state index < -0.39 is 34.7 Å². The number of aromatic nitrogens is 3. The van der Waals surface area contributed by atoms with E-state index in [4.69, 9.17) is 10.8 Å². The zero-order valence-electron chi connectivity index (χ0n) is 15.1. The van der Waals surface area contributed by atoms with Gasteiger partial charge in [-0.15, -0.1) is 0 Å². The van der Waals surface area contributed by atoms with Crippen molar-refractivity contribution in [2.24, 2.45) is 0 Å². The molecule has 160 valence electrons. The third-order valence-corrected chi connectivity index (χ3v) is 4.14. The van der Waals surface area contributed by atoms with E-state index >= 15 is 0 Å². The normalized spacial score (nSPS) is 12.4. The van der Waals surface area contributed by atoms with Crippen molar-refractivity contribution in [3.8, 4) is 11.3 Å². The van der Waals surface area contributed by atoms with E-state index in [9.17, 15) is 26.3 Å². The number of alkyl halides is 6. The van der Waals surface area contributed by atoms with Gasteiger partial charge in [0.1, 0.15) is 5.82 Å². The Hall–Kier alpha value is -3.15. The van der Waals surface area contributed by atoms with Crippen molar-refractivity contribution in [3.05, 3.63) is 41.5 Å². The smallest absolute Gasteiger partial charge is 0.396 e. The minimum atomic E-state index is -5.03. The molecule has 0 aliphatic carbocycles. The second-order valence-corrected chi connectivity index (χ2v) is 6.23. The number of nitrogen functional groups attached to an aromatic ring is 1. The van der Waals surface area contributed by atoms with Gasteiger partial charge in [-0.3, -0.25) is 0 Å². The number of benzene rings is 1. The Kier molecular flexibility index (Phi) is 5.70. The van der Waals surface area contributed by atoms with Crippen LogP contribution in [0.1, 0.15) is 17.5 Å². The van der Waals surface area contributed by atoms with Crippen LogP contribution in [0, 0.1) is 0 Å². The van der Waals surface area contributed by atoms with Crippen molar-refractivity contribution in [1.29, 1.82) is 0 Å². The van der Waals surface area contributed by atoms with Crippen LogP contribution in [0.3, 0.4) is 0 Å². The molecule has 0 amide bonds. The van der Waals surface area contributed by atoms with Crippen LogP contribution in [0.15, 0.2) is 30.3 Å². The summed E-state index contributed by atoms with van der Waals surface area (Å²) >= 11 is 0. The number of pyridine rings is 1. The molecule has 3 aromatic rings. The van der Waals surface area contributed by atoms with Gasteiger partial charge in [0, 0.05) is 18.7 Å². The molecule has 0 saturated carbocycles. The number of rotatable bonds is 5. The summed E-state index contributed by atoms with van der Waals surface area (Å²) < 4.78 is 80.7. The fourth-order valence-electron chi connectivity index (χ4n) is 2.89. The highest BCUT2D eigenvalue weighted by Gasteiger charge is 2.41. The lowest BCUT2D eigenvalue weighted by Gasteiger charge is -2.18. The lowest BCUT2D eigenvalue weighted by molar-refractivity contribution is -0.142. The number of hydrogen-bond acceptors (Lipinski definition) is 6. The van der Waals surface area contributed by atoms with Crippen LogP contribution in [-0.4, -0.2) is 33.2 Å². The summed E-state index contributed by atoms with van der Waals surface area (Å²) in [6.07, 6.45) is -9.69. The van der Waals surface area contributed by atoms with Crippen molar-refractivity contribution >= 4 is 22.8 Å². The highest BCUT2D eigenvalue weighted by Crippen LogP contribution is 2.44. The predicted molar refractivity (Wildman–Crippen MR) is 97.4 cm³/mol. The number of fused-ring (bicyclic) bond motifs is 1. The molecule has 0 atom stereocenters. The number of nitrogens with one attached hydrogen (secondary N) is 1. The first-order valence-corrected chi connectivity index (χ1v) is 8.59. The zero-order valence-corrected chi connectivity index (χ0v) is 15.1. The van der Waals surface area contributed by atoms with Gasteiger partial charge < -0.3 is 16.2 Å².